The number of hydrogen-bond acceptors (Lipinski definition) is 5. The van der Waals surface area contributed by atoms with Crippen molar-refractivity contribution in [2.24, 2.45) is 0 Å². The van der Waals surface area contributed by atoms with Crippen molar-refractivity contribution < 1.29 is 4.39 Å². The van der Waals surface area contributed by atoms with E-state index < -0.39 is 0 Å². The average Bonchev–Trinajstić information content (AvgIpc) is 2.69. The first kappa shape index (κ1) is 19.5. The van der Waals surface area contributed by atoms with E-state index in [0.717, 1.165) is 50.3 Å². The predicted octanol–water partition coefficient (Wildman–Crippen LogP) is 4.20. The van der Waals surface area contributed by atoms with E-state index >= 15 is 0 Å². The summed E-state index contributed by atoms with van der Waals surface area (Å²) in [4.78, 5) is 11.7. The Morgan fingerprint density at radius 3 is 2.85 bits per heavy atom. The quantitative estimate of drug-likeness (QED) is 0.764. The van der Waals surface area contributed by atoms with Crippen LogP contribution in [0.4, 0.5) is 21.8 Å². The van der Waals surface area contributed by atoms with Gasteiger partial charge in [0, 0.05) is 36.6 Å². The van der Waals surface area contributed by atoms with E-state index in [2.05, 4.69) is 33.5 Å². The summed E-state index contributed by atoms with van der Waals surface area (Å²) in [5, 5.41) is 6.57. The number of unbranched alkanes of at least 4 members (excludes halogenated alkanes) is 1. The maximum absolute atomic E-state index is 13.9. The molecule has 0 amide bonds. The van der Waals surface area contributed by atoms with Gasteiger partial charge in [-0.1, -0.05) is 19.4 Å². The number of aryl methyl sites for hydroxylation is 2. The van der Waals surface area contributed by atoms with Crippen LogP contribution in [0.3, 0.4) is 0 Å². The highest BCUT2D eigenvalue weighted by Gasteiger charge is 2.20. The van der Waals surface area contributed by atoms with Crippen molar-refractivity contribution in [2.75, 3.05) is 30.4 Å². The van der Waals surface area contributed by atoms with Gasteiger partial charge in [0.2, 0.25) is 5.95 Å². The number of likely N-dealkylation sites (N-methyl/N-ethyl adjacent to an activating group) is 1. The Labute approximate surface area is 161 Å². The molecule has 6 heteroatoms. The molecule has 1 aliphatic heterocycles. The minimum atomic E-state index is -0.227. The van der Waals surface area contributed by atoms with Crippen molar-refractivity contribution in [3.05, 3.63) is 41.3 Å². The zero-order chi connectivity index (χ0) is 19.2. The van der Waals surface area contributed by atoms with Gasteiger partial charge in [0.15, 0.2) is 0 Å². The molecular weight excluding hydrogens is 341 g/mol. The molecule has 0 aliphatic carbocycles. The Balaban J connectivity index is 1.86. The molecule has 27 heavy (non-hydrogen) atoms. The molecule has 0 bridgehead atoms. The Bertz CT molecular complexity index is 764. The van der Waals surface area contributed by atoms with E-state index in [0.29, 0.717) is 23.2 Å². The lowest BCUT2D eigenvalue weighted by atomic mass is 10.1. The summed E-state index contributed by atoms with van der Waals surface area (Å²) in [5.74, 6) is 1.26. The summed E-state index contributed by atoms with van der Waals surface area (Å²) in [6.07, 6.45) is 5.47. The molecule has 3 rings (SSSR count). The lowest BCUT2D eigenvalue weighted by Gasteiger charge is -2.33. The number of halogens is 1. The van der Waals surface area contributed by atoms with Gasteiger partial charge in [0.25, 0.3) is 0 Å². The zero-order valence-electron chi connectivity index (χ0n) is 16.6. The van der Waals surface area contributed by atoms with Gasteiger partial charge in [-0.05, 0) is 57.4 Å². The fourth-order valence-corrected chi connectivity index (χ4v) is 3.41. The molecule has 1 aromatic carbocycles. The molecule has 0 radical (unpaired) electrons. The largest absolute Gasteiger partial charge is 0.355 e. The summed E-state index contributed by atoms with van der Waals surface area (Å²) in [7, 11) is 2.01. The smallest absolute Gasteiger partial charge is 0.229 e. The molecule has 2 aromatic rings. The Kier molecular flexibility index (Phi) is 6.61. The lowest BCUT2D eigenvalue weighted by Crippen LogP contribution is -2.44. The van der Waals surface area contributed by atoms with Crippen molar-refractivity contribution in [1.82, 2.24) is 15.3 Å². The maximum Gasteiger partial charge on any atom is 0.229 e. The van der Waals surface area contributed by atoms with Gasteiger partial charge in [-0.15, -0.1) is 0 Å². The first-order valence-electron chi connectivity index (χ1n) is 9.92. The van der Waals surface area contributed by atoms with Crippen molar-refractivity contribution in [3.63, 3.8) is 0 Å². The van der Waals surface area contributed by atoms with Gasteiger partial charge in [0.1, 0.15) is 11.6 Å². The van der Waals surface area contributed by atoms with Gasteiger partial charge in [-0.25, -0.2) is 9.37 Å². The zero-order valence-corrected chi connectivity index (χ0v) is 16.6. The van der Waals surface area contributed by atoms with Crippen LogP contribution in [0.1, 0.15) is 43.9 Å². The fraction of sp³-hybridized carbons (Fsp3) is 0.524. The second-order valence-corrected chi connectivity index (χ2v) is 7.31. The van der Waals surface area contributed by atoms with Crippen LogP contribution in [0, 0.1) is 12.7 Å². The Morgan fingerprint density at radius 1 is 1.26 bits per heavy atom. The van der Waals surface area contributed by atoms with E-state index in [1.54, 1.807) is 13.0 Å². The number of nitrogens with one attached hydrogen (secondary N) is 2. The number of nitrogens with zero attached hydrogens (tertiary/aromatic N) is 3. The second kappa shape index (κ2) is 9.13. The second-order valence-electron chi connectivity index (χ2n) is 7.31. The van der Waals surface area contributed by atoms with Crippen molar-refractivity contribution in [1.29, 1.82) is 0 Å². The fourth-order valence-electron chi connectivity index (χ4n) is 3.41. The van der Waals surface area contributed by atoms with Crippen molar-refractivity contribution >= 4 is 17.5 Å². The summed E-state index contributed by atoms with van der Waals surface area (Å²) in [5.41, 5.74) is 2.33. The predicted molar refractivity (Wildman–Crippen MR) is 109 cm³/mol. The van der Waals surface area contributed by atoms with Crippen LogP contribution in [0.5, 0.6) is 0 Å². The van der Waals surface area contributed by atoms with Gasteiger partial charge in [-0.3, -0.25) is 0 Å². The first-order valence-corrected chi connectivity index (χ1v) is 9.92. The van der Waals surface area contributed by atoms with Gasteiger partial charge < -0.3 is 15.5 Å². The van der Waals surface area contributed by atoms with Gasteiger partial charge in [-0.2, -0.15) is 4.98 Å². The summed E-state index contributed by atoms with van der Waals surface area (Å²) in [6.45, 7) is 5.88. The number of benzene rings is 1. The average molecular weight is 372 g/mol. The molecular formula is C21H30FN5. The van der Waals surface area contributed by atoms with Gasteiger partial charge in [0.05, 0.1) is 0 Å². The van der Waals surface area contributed by atoms with Crippen LogP contribution in [-0.4, -0.2) is 36.1 Å². The van der Waals surface area contributed by atoms with Crippen molar-refractivity contribution in [2.45, 2.75) is 52.0 Å². The monoisotopic (exact) mass is 371 g/mol. The standard InChI is InChI=1S/C21H30FN5/c1-4-5-7-16-13-20(27-11-6-8-18(14-27)23-3)26-21(24-16)25-17-10-9-15(2)19(22)12-17/h9-10,12-13,18,23H,4-8,11,14H2,1-3H3,(H,24,25,26)/t18-/m1/s1. The molecule has 1 fully saturated rings. The van der Waals surface area contributed by atoms with E-state index in [-0.39, 0.29) is 5.82 Å². The highest BCUT2D eigenvalue weighted by Crippen LogP contribution is 2.23. The lowest BCUT2D eigenvalue weighted by molar-refractivity contribution is 0.447. The highest BCUT2D eigenvalue weighted by molar-refractivity contribution is 5.56. The number of piperidine rings is 1. The molecule has 2 heterocycles. The van der Waals surface area contributed by atoms with E-state index in [1.165, 1.54) is 12.5 Å². The molecule has 1 aromatic heterocycles. The third-order valence-corrected chi connectivity index (χ3v) is 5.13. The molecule has 0 spiro atoms. The molecule has 0 saturated carbocycles. The van der Waals surface area contributed by atoms with Crippen LogP contribution in [0.2, 0.25) is 0 Å². The van der Waals surface area contributed by atoms with Crippen molar-refractivity contribution in [3.8, 4) is 0 Å². The molecule has 1 aliphatic rings. The van der Waals surface area contributed by atoms with Crippen LogP contribution < -0.4 is 15.5 Å². The molecule has 0 unspecified atom stereocenters. The van der Waals surface area contributed by atoms with Crippen LogP contribution >= 0.6 is 0 Å². The molecule has 2 N–H and O–H groups in total. The molecule has 1 saturated heterocycles. The minimum absolute atomic E-state index is 0.227. The van der Waals surface area contributed by atoms with E-state index in [9.17, 15) is 4.39 Å². The van der Waals surface area contributed by atoms with E-state index in [1.807, 2.05) is 13.1 Å². The minimum Gasteiger partial charge on any atom is -0.355 e. The summed E-state index contributed by atoms with van der Waals surface area (Å²) >= 11 is 0. The number of hydrogen-bond donors (Lipinski definition) is 2. The molecule has 146 valence electrons. The van der Waals surface area contributed by atoms with Gasteiger partial charge >= 0.3 is 0 Å². The normalized spacial score (nSPS) is 17.2. The molecule has 1 atom stereocenters. The maximum atomic E-state index is 13.9. The topological polar surface area (TPSA) is 53.1 Å². The van der Waals surface area contributed by atoms with Crippen LogP contribution in [-0.2, 0) is 6.42 Å². The number of anilines is 3. The number of rotatable bonds is 7. The van der Waals surface area contributed by atoms with Crippen LogP contribution in [0.15, 0.2) is 24.3 Å². The summed E-state index contributed by atoms with van der Waals surface area (Å²) < 4.78 is 13.9. The Hall–Kier alpha value is -2.21. The Morgan fingerprint density at radius 2 is 2.11 bits per heavy atom. The summed E-state index contributed by atoms with van der Waals surface area (Å²) in [6, 6.07) is 7.71. The highest BCUT2D eigenvalue weighted by atomic mass is 19.1. The first-order chi connectivity index (χ1) is 13.1. The van der Waals surface area contributed by atoms with Crippen LogP contribution in [0.25, 0.3) is 0 Å². The van der Waals surface area contributed by atoms with E-state index in [4.69, 9.17) is 4.98 Å². The number of aromatic nitrogens is 2. The third-order valence-electron chi connectivity index (χ3n) is 5.13. The third kappa shape index (κ3) is 5.16. The SMILES string of the molecule is CCCCc1cc(N2CCC[C@@H](NC)C2)nc(Nc2ccc(C)c(F)c2)n1. The molecule has 5 nitrogen and oxygen atoms in total.